The summed E-state index contributed by atoms with van der Waals surface area (Å²) in [6.07, 6.45) is 3.27. The van der Waals surface area contributed by atoms with E-state index in [1.807, 2.05) is 24.3 Å². The number of rotatable bonds is 8. The number of likely N-dealkylation sites (N-methyl/N-ethyl adjacent to an activating group) is 1. The Labute approximate surface area is 157 Å². The Morgan fingerprint density at radius 2 is 1.88 bits per heavy atom. The minimum Gasteiger partial charge on any atom is -0.325 e. The minimum atomic E-state index is -3.72. The van der Waals surface area contributed by atoms with Crippen LogP contribution in [-0.2, 0) is 21.2 Å². The third-order valence-corrected chi connectivity index (χ3v) is 7.14. The Kier molecular flexibility index (Phi) is 7.01. The Morgan fingerprint density at radius 1 is 1.20 bits per heavy atom. The number of hydrogen-bond acceptors (Lipinski definition) is 4. The first-order valence-corrected chi connectivity index (χ1v) is 10.6. The Hall–Kier alpha value is -1.41. The van der Waals surface area contributed by atoms with Crippen LogP contribution in [0.4, 0.5) is 5.69 Å². The lowest BCUT2D eigenvalue weighted by Gasteiger charge is -2.15. The molecule has 25 heavy (non-hydrogen) atoms. The van der Waals surface area contributed by atoms with Crippen molar-refractivity contribution < 1.29 is 13.2 Å². The van der Waals surface area contributed by atoms with Gasteiger partial charge in [-0.15, -0.1) is 11.3 Å². The van der Waals surface area contributed by atoms with Gasteiger partial charge in [0.15, 0.2) is 0 Å². The SMILES string of the molecule is CCCCc1ccc(NC(=O)CN(C)S(=O)(=O)c2ccc(Cl)s2)cc1. The average Bonchev–Trinajstić information content (AvgIpc) is 3.01. The van der Waals surface area contributed by atoms with Crippen LogP contribution in [-0.4, -0.2) is 32.2 Å². The normalized spacial score (nSPS) is 11.7. The van der Waals surface area contributed by atoms with E-state index in [0.29, 0.717) is 10.0 Å². The van der Waals surface area contributed by atoms with Crippen molar-refractivity contribution in [3.05, 3.63) is 46.3 Å². The molecule has 8 heteroatoms. The van der Waals surface area contributed by atoms with Gasteiger partial charge in [0.25, 0.3) is 10.0 Å². The first kappa shape index (κ1) is 19.9. The number of nitrogens with one attached hydrogen (secondary N) is 1. The molecule has 0 unspecified atom stereocenters. The Morgan fingerprint density at radius 3 is 2.44 bits per heavy atom. The predicted molar refractivity (Wildman–Crippen MR) is 103 cm³/mol. The monoisotopic (exact) mass is 400 g/mol. The number of anilines is 1. The molecule has 0 fully saturated rings. The highest BCUT2D eigenvalue weighted by molar-refractivity contribution is 7.91. The second-order valence-electron chi connectivity index (χ2n) is 5.67. The van der Waals surface area contributed by atoms with Crippen molar-refractivity contribution in [3.63, 3.8) is 0 Å². The summed E-state index contributed by atoms with van der Waals surface area (Å²) in [5, 5.41) is 2.72. The van der Waals surface area contributed by atoms with Crippen LogP contribution in [0.25, 0.3) is 0 Å². The van der Waals surface area contributed by atoms with Crippen LogP contribution in [0, 0.1) is 0 Å². The maximum Gasteiger partial charge on any atom is 0.252 e. The van der Waals surface area contributed by atoms with Gasteiger partial charge in [-0.1, -0.05) is 37.1 Å². The fourth-order valence-electron chi connectivity index (χ4n) is 2.21. The van der Waals surface area contributed by atoms with Crippen molar-refractivity contribution in [2.24, 2.45) is 0 Å². The van der Waals surface area contributed by atoms with Gasteiger partial charge in [-0.2, -0.15) is 4.31 Å². The van der Waals surface area contributed by atoms with E-state index in [0.717, 1.165) is 34.9 Å². The summed E-state index contributed by atoms with van der Waals surface area (Å²) in [7, 11) is -2.34. The number of benzene rings is 1. The topological polar surface area (TPSA) is 66.5 Å². The van der Waals surface area contributed by atoms with Crippen molar-refractivity contribution in [2.75, 3.05) is 18.9 Å². The second kappa shape index (κ2) is 8.80. The molecule has 5 nitrogen and oxygen atoms in total. The van der Waals surface area contributed by atoms with Crippen molar-refractivity contribution in [1.29, 1.82) is 0 Å². The average molecular weight is 401 g/mol. The lowest BCUT2D eigenvalue weighted by molar-refractivity contribution is -0.116. The van der Waals surface area contributed by atoms with Crippen LogP contribution >= 0.6 is 22.9 Å². The maximum absolute atomic E-state index is 12.4. The summed E-state index contributed by atoms with van der Waals surface area (Å²) >= 11 is 6.75. The van der Waals surface area contributed by atoms with Gasteiger partial charge in [0.1, 0.15) is 4.21 Å². The zero-order valence-electron chi connectivity index (χ0n) is 14.2. The van der Waals surface area contributed by atoms with E-state index < -0.39 is 15.9 Å². The van der Waals surface area contributed by atoms with Gasteiger partial charge in [0, 0.05) is 12.7 Å². The fourth-order valence-corrected chi connectivity index (χ4v) is 5.03. The van der Waals surface area contributed by atoms with E-state index in [4.69, 9.17) is 11.6 Å². The van der Waals surface area contributed by atoms with Crippen molar-refractivity contribution in [1.82, 2.24) is 4.31 Å². The van der Waals surface area contributed by atoms with Crippen LogP contribution in [0.2, 0.25) is 4.34 Å². The minimum absolute atomic E-state index is 0.119. The maximum atomic E-state index is 12.4. The summed E-state index contributed by atoms with van der Waals surface area (Å²) in [4.78, 5) is 12.1. The highest BCUT2D eigenvalue weighted by Crippen LogP contribution is 2.27. The van der Waals surface area contributed by atoms with Gasteiger partial charge >= 0.3 is 0 Å². The van der Waals surface area contributed by atoms with Gasteiger partial charge in [0.05, 0.1) is 10.9 Å². The number of unbranched alkanes of at least 4 members (excludes halogenated alkanes) is 1. The lowest BCUT2D eigenvalue weighted by Crippen LogP contribution is -2.34. The second-order valence-corrected chi connectivity index (χ2v) is 9.66. The molecule has 0 atom stereocenters. The summed E-state index contributed by atoms with van der Waals surface area (Å²) in [6, 6.07) is 10.6. The molecule has 1 aromatic heterocycles. The van der Waals surface area contributed by atoms with Gasteiger partial charge in [-0.05, 0) is 42.7 Å². The number of thiophene rings is 1. The molecule has 0 aliphatic carbocycles. The highest BCUT2D eigenvalue weighted by atomic mass is 35.5. The van der Waals surface area contributed by atoms with E-state index in [1.165, 1.54) is 24.7 Å². The van der Waals surface area contributed by atoms with Crippen molar-refractivity contribution >= 4 is 44.6 Å². The zero-order chi connectivity index (χ0) is 18.4. The largest absolute Gasteiger partial charge is 0.325 e. The quantitative estimate of drug-likeness (QED) is 0.728. The van der Waals surface area contributed by atoms with Crippen LogP contribution < -0.4 is 5.32 Å². The molecule has 0 saturated carbocycles. The highest BCUT2D eigenvalue weighted by Gasteiger charge is 2.24. The van der Waals surface area contributed by atoms with Crippen molar-refractivity contribution in [3.8, 4) is 0 Å². The van der Waals surface area contributed by atoms with E-state index in [1.54, 1.807) is 0 Å². The third-order valence-electron chi connectivity index (χ3n) is 3.64. The van der Waals surface area contributed by atoms with E-state index in [-0.39, 0.29) is 10.8 Å². The number of amides is 1. The first-order valence-electron chi connectivity index (χ1n) is 7.93. The zero-order valence-corrected chi connectivity index (χ0v) is 16.5. The Bertz CT molecular complexity index is 817. The van der Waals surface area contributed by atoms with Crippen LogP contribution in [0.3, 0.4) is 0 Å². The van der Waals surface area contributed by atoms with Gasteiger partial charge in [-0.3, -0.25) is 4.79 Å². The molecule has 0 aliphatic rings. The third kappa shape index (κ3) is 5.54. The molecule has 2 aromatic rings. The van der Waals surface area contributed by atoms with Crippen LogP contribution in [0.15, 0.2) is 40.6 Å². The van der Waals surface area contributed by atoms with Gasteiger partial charge in [-0.25, -0.2) is 8.42 Å². The molecule has 0 aliphatic heterocycles. The molecular formula is C17H21ClN2O3S2. The smallest absolute Gasteiger partial charge is 0.252 e. The van der Waals surface area contributed by atoms with E-state index in [2.05, 4.69) is 12.2 Å². The number of nitrogens with zero attached hydrogens (tertiary/aromatic N) is 1. The van der Waals surface area contributed by atoms with E-state index >= 15 is 0 Å². The summed E-state index contributed by atoms with van der Waals surface area (Å²) in [6.45, 7) is 1.87. The lowest BCUT2D eigenvalue weighted by atomic mass is 10.1. The van der Waals surface area contributed by atoms with Gasteiger partial charge < -0.3 is 5.32 Å². The number of hydrogen-bond donors (Lipinski definition) is 1. The number of sulfonamides is 1. The van der Waals surface area contributed by atoms with Crippen molar-refractivity contribution in [2.45, 2.75) is 30.4 Å². The van der Waals surface area contributed by atoms with Crippen LogP contribution in [0.1, 0.15) is 25.3 Å². The molecule has 0 spiro atoms. The summed E-state index contributed by atoms with van der Waals surface area (Å²) in [5.41, 5.74) is 1.87. The summed E-state index contributed by atoms with van der Waals surface area (Å²) < 4.78 is 26.3. The molecule has 1 heterocycles. The predicted octanol–water partition coefficient (Wildman–Crippen LogP) is 4.00. The first-order chi connectivity index (χ1) is 11.8. The molecule has 0 radical (unpaired) electrons. The number of carbonyl (C=O) groups excluding carboxylic acids is 1. The molecule has 0 bridgehead atoms. The molecule has 1 amide bonds. The summed E-state index contributed by atoms with van der Waals surface area (Å²) in [5.74, 6) is -0.393. The number of halogens is 1. The molecule has 1 aromatic carbocycles. The standard InChI is InChI=1S/C17H21ClN2O3S2/c1-3-4-5-13-6-8-14(9-7-13)19-16(21)12-20(2)25(22,23)17-11-10-15(18)24-17/h6-11H,3-5,12H2,1-2H3,(H,19,21). The fraction of sp³-hybridized carbons (Fsp3) is 0.353. The molecule has 2 rings (SSSR count). The van der Waals surface area contributed by atoms with Gasteiger partial charge in [0.2, 0.25) is 5.91 Å². The molecule has 1 N–H and O–H groups in total. The molecule has 136 valence electrons. The van der Waals surface area contributed by atoms with E-state index in [9.17, 15) is 13.2 Å². The molecular weight excluding hydrogens is 380 g/mol. The van der Waals surface area contributed by atoms with Crippen LogP contribution in [0.5, 0.6) is 0 Å². The molecule has 0 saturated heterocycles. The number of carbonyl (C=O) groups is 1. The Balaban J connectivity index is 1.95. The number of aryl methyl sites for hydroxylation is 1.